The van der Waals surface area contributed by atoms with Gasteiger partial charge in [0.25, 0.3) is 0 Å². The zero-order valence-corrected chi connectivity index (χ0v) is 42.8. The van der Waals surface area contributed by atoms with Gasteiger partial charge in [-0.15, -0.1) is 0 Å². The summed E-state index contributed by atoms with van der Waals surface area (Å²) in [7, 11) is -4.53. The smallest absolute Gasteiger partial charge is 0.457 e. The molecule has 0 bridgehead atoms. The lowest BCUT2D eigenvalue weighted by Crippen LogP contribution is -2.29. The average molecular weight is 937 g/mol. The monoisotopic (exact) mass is 937 g/mol. The van der Waals surface area contributed by atoms with E-state index in [1.165, 1.54) is 141 Å². The van der Waals surface area contributed by atoms with E-state index < -0.39 is 33.2 Å². The van der Waals surface area contributed by atoms with Crippen molar-refractivity contribution in [2.45, 2.75) is 251 Å². The molecule has 0 heterocycles. The van der Waals surface area contributed by atoms with Gasteiger partial charge in [-0.05, 0) is 57.8 Å². The van der Waals surface area contributed by atoms with Crippen LogP contribution in [-0.2, 0) is 27.9 Å². The highest BCUT2D eigenvalue weighted by Crippen LogP contribution is 2.43. The van der Waals surface area contributed by atoms with Gasteiger partial charge in [0.2, 0.25) is 0 Å². The number of carbonyl (C=O) groups is 1. The second-order valence-electron chi connectivity index (χ2n) is 17.9. The lowest BCUT2D eigenvalue weighted by molar-refractivity contribution is -0.154. The fourth-order valence-corrected chi connectivity index (χ4v) is 8.23. The maximum absolute atomic E-state index is 12.7. The molecule has 0 amide bonds. The van der Waals surface area contributed by atoms with Crippen LogP contribution in [0.2, 0.25) is 0 Å². The minimum Gasteiger partial charge on any atom is -0.457 e. The highest BCUT2D eigenvalue weighted by atomic mass is 31.2. The highest BCUT2D eigenvalue weighted by molar-refractivity contribution is 7.47. The van der Waals surface area contributed by atoms with Crippen LogP contribution in [0.25, 0.3) is 0 Å². The van der Waals surface area contributed by atoms with Crippen molar-refractivity contribution in [2.75, 3.05) is 33.0 Å². The van der Waals surface area contributed by atoms with Gasteiger partial charge in [0.05, 0.1) is 26.4 Å². The summed E-state index contributed by atoms with van der Waals surface area (Å²) in [5, 5.41) is 18.4. The number of hydrogen-bond acceptors (Lipinski definition) is 8. The van der Waals surface area contributed by atoms with Crippen LogP contribution in [0, 0.1) is 0 Å². The first kappa shape index (κ1) is 63.2. The number of aliphatic hydroxyl groups excluding tert-OH is 2. The van der Waals surface area contributed by atoms with E-state index in [9.17, 15) is 19.4 Å². The van der Waals surface area contributed by atoms with E-state index in [1.54, 1.807) is 0 Å². The van der Waals surface area contributed by atoms with Gasteiger partial charge in [0.15, 0.2) is 0 Å². The Labute approximate surface area is 400 Å². The molecule has 380 valence electrons. The van der Waals surface area contributed by atoms with Crippen molar-refractivity contribution in [1.82, 2.24) is 0 Å². The van der Waals surface area contributed by atoms with Gasteiger partial charge >= 0.3 is 13.8 Å². The maximum Gasteiger partial charge on any atom is 0.472 e. The summed E-state index contributed by atoms with van der Waals surface area (Å²) < 4.78 is 33.6. The molecule has 0 saturated heterocycles. The molecule has 0 rings (SSSR count). The molecule has 0 aromatic carbocycles. The Morgan fingerprint density at radius 2 is 0.877 bits per heavy atom. The van der Waals surface area contributed by atoms with Gasteiger partial charge in [0.1, 0.15) is 12.2 Å². The average Bonchev–Trinajstić information content (AvgIpc) is 3.30. The summed E-state index contributed by atoms with van der Waals surface area (Å²) in [5.74, 6) is -0.383. The molecule has 0 spiro atoms. The predicted octanol–water partition coefficient (Wildman–Crippen LogP) is 15.9. The number of rotatable bonds is 51. The molecular formula is C55H101O9P. The normalized spacial score (nSPS) is 14.2. The first-order valence-electron chi connectivity index (χ1n) is 26.8. The number of carbonyl (C=O) groups excluding carboxylic acids is 1. The van der Waals surface area contributed by atoms with E-state index in [-0.39, 0.29) is 25.6 Å². The van der Waals surface area contributed by atoms with Gasteiger partial charge in [0, 0.05) is 13.0 Å². The van der Waals surface area contributed by atoms with Crippen LogP contribution in [-0.4, -0.2) is 66.3 Å². The second-order valence-corrected chi connectivity index (χ2v) is 19.3. The molecule has 3 atom stereocenters. The quantitative estimate of drug-likeness (QED) is 0.0236. The Kier molecular flexibility index (Phi) is 50.1. The van der Waals surface area contributed by atoms with E-state index in [2.05, 4.69) is 74.6 Å². The van der Waals surface area contributed by atoms with Gasteiger partial charge in [-0.3, -0.25) is 13.8 Å². The van der Waals surface area contributed by atoms with Crippen molar-refractivity contribution in [2.24, 2.45) is 0 Å². The summed E-state index contributed by atoms with van der Waals surface area (Å²) in [6.07, 6.45) is 61.9. The Balaban J connectivity index is 4.06. The Morgan fingerprint density at radius 3 is 1.32 bits per heavy atom. The molecule has 9 nitrogen and oxygen atoms in total. The molecule has 3 unspecified atom stereocenters. The number of ether oxygens (including phenoxy) is 2. The van der Waals surface area contributed by atoms with E-state index in [4.69, 9.17) is 23.6 Å². The van der Waals surface area contributed by atoms with Crippen LogP contribution >= 0.6 is 7.82 Å². The van der Waals surface area contributed by atoms with Crippen molar-refractivity contribution in [3.63, 3.8) is 0 Å². The summed E-state index contributed by atoms with van der Waals surface area (Å²) in [5.41, 5.74) is 0. The number of unbranched alkanes of at least 4 members (excludes halogenated alkanes) is 27. The van der Waals surface area contributed by atoms with Crippen LogP contribution in [0.1, 0.15) is 239 Å². The highest BCUT2D eigenvalue weighted by Gasteiger charge is 2.26. The van der Waals surface area contributed by atoms with Crippen molar-refractivity contribution >= 4 is 13.8 Å². The first-order chi connectivity index (χ1) is 31.8. The molecule has 0 aromatic heterocycles. The van der Waals surface area contributed by atoms with E-state index >= 15 is 0 Å². The molecule has 10 heteroatoms. The molecule has 0 aromatic rings. The van der Waals surface area contributed by atoms with Crippen LogP contribution in [0.3, 0.4) is 0 Å². The summed E-state index contributed by atoms with van der Waals surface area (Å²) >= 11 is 0. The Hall–Kier alpha value is -1.84. The Bertz CT molecular complexity index is 1200. The van der Waals surface area contributed by atoms with Gasteiger partial charge in [-0.1, -0.05) is 235 Å². The molecule has 65 heavy (non-hydrogen) atoms. The van der Waals surface area contributed by atoms with Gasteiger partial charge < -0.3 is 24.6 Å². The molecule has 0 saturated carbocycles. The third-order valence-electron chi connectivity index (χ3n) is 11.5. The minimum absolute atomic E-state index is 0.0438. The van der Waals surface area contributed by atoms with Crippen molar-refractivity contribution in [3.8, 4) is 0 Å². The van der Waals surface area contributed by atoms with Crippen molar-refractivity contribution in [1.29, 1.82) is 0 Å². The fraction of sp³-hybridized carbons (Fsp3) is 0.800. The number of aliphatic hydroxyl groups is 2. The van der Waals surface area contributed by atoms with Crippen molar-refractivity contribution < 1.29 is 43.0 Å². The number of phosphoric acid groups is 1. The van der Waals surface area contributed by atoms with Crippen molar-refractivity contribution in [3.05, 3.63) is 60.8 Å². The summed E-state index contributed by atoms with van der Waals surface area (Å²) in [6.45, 7) is 3.42. The zero-order valence-electron chi connectivity index (χ0n) is 42.0. The third-order valence-corrected chi connectivity index (χ3v) is 12.4. The molecule has 3 N–H and O–H groups in total. The largest absolute Gasteiger partial charge is 0.472 e. The number of hydrogen-bond donors (Lipinski definition) is 3. The molecule has 0 radical (unpaired) electrons. The van der Waals surface area contributed by atoms with Crippen LogP contribution in [0.15, 0.2) is 60.8 Å². The van der Waals surface area contributed by atoms with E-state index in [0.717, 1.165) is 77.0 Å². The lowest BCUT2D eigenvalue weighted by atomic mass is 10.0. The molecule has 0 aliphatic heterocycles. The number of esters is 1. The Morgan fingerprint density at radius 1 is 0.492 bits per heavy atom. The molecule has 0 aliphatic carbocycles. The third kappa shape index (κ3) is 51.4. The van der Waals surface area contributed by atoms with E-state index in [0.29, 0.717) is 6.61 Å². The molecular weight excluding hydrogens is 836 g/mol. The molecule has 0 fully saturated rings. The van der Waals surface area contributed by atoms with Crippen LogP contribution in [0.5, 0.6) is 0 Å². The standard InChI is InChI=1S/C55H101O9P/c1-3-5-7-9-11-13-15-17-19-21-23-25-26-27-28-30-32-34-36-38-40-42-44-46-48-61-51-54(52-63-65(59,60)62-50-53(57)49-56)64-55(58)47-45-43-41-39-37-35-33-31-29-24-22-20-18-16-14-12-10-8-6-4-2/h5,7,11,13,17,19,23,25,27-28,53-54,56-57H,3-4,6,8-10,12,14-16,18,20-22,24,26,29-52H2,1-2H3,(H,59,60)/b7-5-,13-11-,19-17-,25-23-,28-27-. The SMILES string of the molecule is CC/C=C\C/C=C\C/C=C\C/C=C\C/C=C\CCCCCCCCCCOCC(COP(=O)(O)OCC(O)CO)OC(=O)CCCCCCCCCCCCCCCCCCCCCC. The summed E-state index contributed by atoms with van der Waals surface area (Å²) in [6, 6.07) is 0. The topological polar surface area (TPSA) is 132 Å². The summed E-state index contributed by atoms with van der Waals surface area (Å²) in [4.78, 5) is 22.7. The zero-order chi connectivity index (χ0) is 47.4. The first-order valence-corrected chi connectivity index (χ1v) is 28.3. The minimum atomic E-state index is -4.53. The number of phosphoric ester groups is 1. The van der Waals surface area contributed by atoms with Gasteiger partial charge in [-0.25, -0.2) is 4.57 Å². The van der Waals surface area contributed by atoms with Crippen LogP contribution < -0.4 is 0 Å². The predicted molar refractivity (Wildman–Crippen MR) is 274 cm³/mol. The number of allylic oxidation sites excluding steroid dienone is 10. The maximum atomic E-state index is 12.7. The fourth-order valence-electron chi connectivity index (χ4n) is 7.44. The second kappa shape index (κ2) is 51.5. The van der Waals surface area contributed by atoms with Gasteiger partial charge in [-0.2, -0.15) is 0 Å². The van der Waals surface area contributed by atoms with E-state index in [1.807, 2.05) is 0 Å². The van der Waals surface area contributed by atoms with Crippen LogP contribution in [0.4, 0.5) is 0 Å². The lowest BCUT2D eigenvalue weighted by Gasteiger charge is -2.20. The molecule has 0 aliphatic rings.